The summed E-state index contributed by atoms with van der Waals surface area (Å²) in [6.45, 7) is 4.67. The lowest BCUT2D eigenvalue weighted by atomic mass is 9.80. The summed E-state index contributed by atoms with van der Waals surface area (Å²) in [5.41, 5.74) is 0.166. The van der Waals surface area contributed by atoms with E-state index < -0.39 is 5.60 Å². The Morgan fingerprint density at radius 2 is 2.16 bits per heavy atom. The van der Waals surface area contributed by atoms with Crippen molar-refractivity contribution in [2.75, 3.05) is 13.7 Å². The first-order valence-corrected chi connectivity index (χ1v) is 7.32. The summed E-state index contributed by atoms with van der Waals surface area (Å²) in [5, 5.41) is 10.8. The Hall–Kier alpha value is -0.580. The van der Waals surface area contributed by atoms with Crippen molar-refractivity contribution >= 4 is 15.9 Å². The van der Waals surface area contributed by atoms with Crippen LogP contribution in [-0.4, -0.2) is 30.0 Å². The normalized spacial score (nSPS) is 26.2. The Labute approximate surface area is 123 Å². The molecule has 1 aliphatic heterocycles. The molecule has 19 heavy (non-hydrogen) atoms. The molecule has 3 nitrogen and oxygen atoms in total. The van der Waals surface area contributed by atoms with Gasteiger partial charge < -0.3 is 14.6 Å². The molecule has 0 spiro atoms. The van der Waals surface area contributed by atoms with E-state index >= 15 is 0 Å². The molecule has 0 saturated carbocycles. The standard InChI is InChI=1S/C15H21BrO3/c1-14(2)10-15(17,6-7-19-14)9-11-4-5-13(18-3)12(16)8-11/h4-5,8,17H,6-7,9-10H2,1-3H3. The molecule has 4 heteroatoms. The number of benzene rings is 1. The minimum Gasteiger partial charge on any atom is -0.496 e. The molecule has 1 fully saturated rings. The Morgan fingerprint density at radius 3 is 2.74 bits per heavy atom. The SMILES string of the molecule is COc1ccc(CC2(O)CCOC(C)(C)C2)cc1Br. The largest absolute Gasteiger partial charge is 0.496 e. The maximum atomic E-state index is 10.8. The molecule has 0 amide bonds. The summed E-state index contributed by atoms with van der Waals surface area (Å²) in [6, 6.07) is 5.94. The summed E-state index contributed by atoms with van der Waals surface area (Å²) >= 11 is 3.48. The van der Waals surface area contributed by atoms with Gasteiger partial charge in [-0.15, -0.1) is 0 Å². The predicted octanol–water partition coefficient (Wildman–Crippen LogP) is 3.32. The quantitative estimate of drug-likeness (QED) is 0.925. The zero-order chi connectivity index (χ0) is 14.1. The Bertz CT molecular complexity index is 459. The highest BCUT2D eigenvalue weighted by Gasteiger charge is 2.39. The van der Waals surface area contributed by atoms with Crippen LogP contribution in [0.15, 0.2) is 22.7 Å². The van der Waals surface area contributed by atoms with Gasteiger partial charge in [-0.2, -0.15) is 0 Å². The number of halogens is 1. The van der Waals surface area contributed by atoms with Gasteiger partial charge in [-0.3, -0.25) is 0 Å². The molecule has 0 aliphatic carbocycles. The monoisotopic (exact) mass is 328 g/mol. The molecule has 0 aromatic heterocycles. The van der Waals surface area contributed by atoms with Crippen LogP contribution in [0.5, 0.6) is 5.75 Å². The van der Waals surface area contributed by atoms with Crippen LogP contribution in [0.25, 0.3) is 0 Å². The smallest absolute Gasteiger partial charge is 0.133 e. The Morgan fingerprint density at radius 1 is 1.42 bits per heavy atom. The van der Waals surface area contributed by atoms with Crippen LogP contribution in [0, 0.1) is 0 Å². The zero-order valence-electron chi connectivity index (χ0n) is 11.7. The first-order chi connectivity index (χ1) is 8.84. The van der Waals surface area contributed by atoms with Gasteiger partial charge in [0.15, 0.2) is 0 Å². The number of hydrogen-bond donors (Lipinski definition) is 1. The van der Waals surface area contributed by atoms with Crippen molar-refractivity contribution in [3.63, 3.8) is 0 Å². The summed E-state index contributed by atoms with van der Waals surface area (Å²) in [6.07, 6.45) is 1.98. The molecule has 106 valence electrons. The van der Waals surface area contributed by atoms with Gasteiger partial charge >= 0.3 is 0 Å². The maximum absolute atomic E-state index is 10.8. The highest BCUT2D eigenvalue weighted by Crippen LogP contribution is 2.35. The van der Waals surface area contributed by atoms with Crippen LogP contribution in [-0.2, 0) is 11.2 Å². The van der Waals surface area contributed by atoms with Crippen LogP contribution in [0.2, 0.25) is 0 Å². The first-order valence-electron chi connectivity index (χ1n) is 6.52. The van der Waals surface area contributed by atoms with E-state index in [1.807, 2.05) is 32.0 Å². The summed E-state index contributed by atoms with van der Waals surface area (Å²) in [7, 11) is 1.65. The molecule has 1 unspecified atom stereocenters. The van der Waals surface area contributed by atoms with Crippen molar-refractivity contribution in [3.8, 4) is 5.75 Å². The number of ether oxygens (including phenoxy) is 2. The molecule has 1 aromatic carbocycles. The van der Waals surface area contributed by atoms with Crippen LogP contribution in [0.3, 0.4) is 0 Å². The molecule has 1 atom stereocenters. The predicted molar refractivity (Wildman–Crippen MR) is 78.6 cm³/mol. The van der Waals surface area contributed by atoms with E-state index in [0.717, 1.165) is 15.8 Å². The lowest BCUT2D eigenvalue weighted by Gasteiger charge is -2.41. The molecule has 1 aromatic rings. The average Bonchev–Trinajstić information content (AvgIpc) is 2.26. The van der Waals surface area contributed by atoms with E-state index in [-0.39, 0.29) is 5.60 Å². The molecule has 1 heterocycles. The van der Waals surface area contributed by atoms with Crippen molar-refractivity contribution in [3.05, 3.63) is 28.2 Å². The highest BCUT2D eigenvalue weighted by molar-refractivity contribution is 9.10. The van der Waals surface area contributed by atoms with Crippen molar-refractivity contribution in [2.45, 2.75) is 44.3 Å². The maximum Gasteiger partial charge on any atom is 0.133 e. The lowest BCUT2D eigenvalue weighted by Crippen LogP contribution is -2.47. The summed E-state index contributed by atoms with van der Waals surface area (Å²) < 4.78 is 11.8. The fourth-order valence-corrected chi connectivity index (χ4v) is 3.39. The second-order valence-electron chi connectivity index (χ2n) is 5.90. The molecular weight excluding hydrogens is 308 g/mol. The number of methoxy groups -OCH3 is 1. The minimum atomic E-state index is -0.685. The van der Waals surface area contributed by atoms with Gasteiger partial charge in [0.1, 0.15) is 5.75 Å². The van der Waals surface area contributed by atoms with Gasteiger partial charge in [0.25, 0.3) is 0 Å². The average molecular weight is 329 g/mol. The van der Waals surface area contributed by atoms with E-state index in [1.54, 1.807) is 7.11 Å². The third-order valence-electron chi connectivity index (χ3n) is 3.56. The van der Waals surface area contributed by atoms with Gasteiger partial charge in [0, 0.05) is 12.8 Å². The molecule has 0 bridgehead atoms. The van der Waals surface area contributed by atoms with Crippen LogP contribution >= 0.6 is 15.9 Å². The van der Waals surface area contributed by atoms with Gasteiger partial charge in [-0.25, -0.2) is 0 Å². The highest BCUT2D eigenvalue weighted by atomic mass is 79.9. The second-order valence-corrected chi connectivity index (χ2v) is 6.76. The summed E-state index contributed by atoms with van der Waals surface area (Å²) in [4.78, 5) is 0. The van der Waals surface area contributed by atoms with E-state index in [0.29, 0.717) is 25.9 Å². The van der Waals surface area contributed by atoms with Crippen molar-refractivity contribution in [1.29, 1.82) is 0 Å². The fourth-order valence-electron chi connectivity index (χ4n) is 2.80. The molecule has 0 radical (unpaired) electrons. The summed E-state index contributed by atoms with van der Waals surface area (Å²) in [5.74, 6) is 0.808. The Kier molecular flexibility index (Phi) is 4.23. The molecular formula is C15H21BrO3. The molecule has 1 aliphatic rings. The number of aliphatic hydroxyl groups is 1. The van der Waals surface area contributed by atoms with E-state index in [1.165, 1.54) is 0 Å². The van der Waals surface area contributed by atoms with E-state index in [2.05, 4.69) is 15.9 Å². The van der Waals surface area contributed by atoms with Crippen LogP contribution < -0.4 is 4.74 Å². The fraction of sp³-hybridized carbons (Fsp3) is 0.600. The number of rotatable bonds is 3. The first kappa shape index (κ1) is 14.8. The van der Waals surface area contributed by atoms with Gasteiger partial charge in [-0.05, 0) is 53.9 Å². The van der Waals surface area contributed by atoms with Gasteiger partial charge in [0.05, 0.1) is 29.4 Å². The third-order valence-corrected chi connectivity index (χ3v) is 4.18. The second kappa shape index (κ2) is 5.43. The third kappa shape index (κ3) is 3.71. The number of hydrogen-bond acceptors (Lipinski definition) is 3. The minimum absolute atomic E-state index is 0.253. The van der Waals surface area contributed by atoms with Crippen LogP contribution in [0.1, 0.15) is 32.3 Å². The van der Waals surface area contributed by atoms with Crippen molar-refractivity contribution in [2.24, 2.45) is 0 Å². The van der Waals surface area contributed by atoms with E-state index in [4.69, 9.17) is 9.47 Å². The van der Waals surface area contributed by atoms with Gasteiger partial charge in [0.2, 0.25) is 0 Å². The van der Waals surface area contributed by atoms with Crippen molar-refractivity contribution < 1.29 is 14.6 Å². The Balaban J connectivity index is 2.14. The molecule has 1 saturated heterocycles. The lowest BCUT2D eigenvalue weighted by molar-refractivity contribution is -0.143. The van der Waals surface area contributed by atoms with Gasteiger partial charge in [-0.1, -0.05) is 6.07 Å². The topological polar surface area (TPSA) is 38.7 Å². The zero-order valence-corrected chi connectivity index (χ0v) is 13.3. The molecule has 2 rings (SSSR count). The molecule has 1 N–H and O–H groups in total. The van der Waals surface area contributed by atoms with Crippen molar-refractivity contribution in [1.82, 2.24) is 0 Å². The van der Waals surface area contributed by atoms with Crippen LogP contribution in [0.4, 0.5) is 0 Å². The van der Waals surface area contributed by atoms with E-state index in [9.17, 15) is 5.11 Å².